The Morgan fingerprint density at radius 2 is 1.91 bits per heavy atom. The zero-order chi connectivity index (χ0) is 25.6. The molecule has 0 saturated heterocycles. The van der Waals surface area contributed by atoms with Gasteiger partial charge in [-0.15, -0.1) is 10.2 Å². The molecule has 0 fully saturated rings. The number of hydrogen-bond acceptors (Lipinski definition) is 9. The molecule has 3 N–H and O–H groups in total. The normalized spacial score (nSPS) is 11.0. The summed E-state index contributed by atoms with van der Waals surface area (Å²) in [6.07, 6.45) is 2.79. The molecule has 2 amide bonds. The highest BCUT2D eigenvalue weighted by Crippen LogP contribution is 2.22. The first kappa shape index (κ1) is 25.7. The van der Waals surface area contributed by atoms with Gasteiger partial charge in [0, 0.05) is 26.8 Å². The molecule has 3 rings (SSSR count). The van der Waals surface area contributed by atoms with Gasteiger partial charge < -0.3 is 25.6 Å². The lowest BCUT2D eigenvalue weighted by atomic mass is 10.2. The van der Waals surface area contributed by atoms with Gasteiger partial charge in [-0.3, -0.25) is 9.48 Å². The summed E-state index contributed by atoms with van der Waals surface area (Å²) in [4.78, 5) is 30.7. The number of amides is 2. The summed E-state index contributed by atoms with van der Waals surface area (Å²) in [6, 6.07) is 6.48. The lowest BCUT2D eigenvalue weighted by Crippen LogP contribution is -2.34. The molecule has 13 heteroatoms. The molecule has 3 heterocycles. The van der Waals surface area contributed by atoms with E-state index in [1.165, 1.54) is 6.07 Å². The fraction of sp³-hybridized carbons (Fsp3) is 0.364. The monoisotopic (exact) mass is 501 g/mol. The van der Waals surface area contributed by atoms with Crippen LogP contribution in [0.2, 0.25) is 5.15 Å². The smallest absolute Gasteiger partial charge is 0.407 e. The van der Waals surface area contributed by atoms with Gasteiger partial charge in [-0.05, 0) is 45.0 Å². The molecule has 0 aliphatic heterocycles. The van der Waals surface area contributed by atoms with Crippen LogP contribution < -0.4 is 20.9 Å². The van der Waals surface area contributed by atoms with E-state index >= 15 is 0 Å². The van der Waals surface area contributed by atoms with Crippen LogP contribution in [0.15, 0.2) is 36.7 Å². The highest BCUT2D eigenvalue weighted by atomic mass is 35.5. The zero-order valence-electron chi connectivity index (χ0n) is 20.2. The first-order chi connectivity index (χ1) is 16.5. The third-order valence-electron chi connectivity index (χ3n) is 4.36. The number of ether oxygens (including phenoxy) is 1. The van der Waals surface area contributed by atoms with E-state index in [-0.39, 0.29) is 16.5 Å². The van der Waals surface area contributed by atoms with Crippen molar-refractivity contribution in [1.82, 2.24) is 30.3 Å². The van der Waals surface area contributed by atoms with Crippen molar-refractivity contribution in [2.75, 3.05) is 36.2 Å². The third kappa shape index (κ3) is 7.81. The van der Waals surface area contributed by atoms with E-state index in [9.17, 15) is 9.59 Å². The Kier molecular flexibility index (Phi) is 8.07. The number of nitrogens with one attached hydrogen (secondary N) is 3. The minimum absolute atomic E-state index is 0.216. The average Bonchev–Trinajstić information content (AvgIpc) is 3.20. The van der Waals surface area contributed by atoms with Crippen LogP contribution in [-0.4, -0.2) is 63.2 Å². The molecule has 0 aromatic carbocycles. The van der Waals surface area contributed by atoms with Crippen molar-refractivity contribution < 1.29 is 14.3 Å². The summed E-state index contributed by atoms with van der Waals surface area (Å²) in [6.45, 7) is 6.13. The van der Waals surface area contributed by atoms with Gasteiger partial charge in [0.2, 0.25) is 0 Å². The van der Waals surface area contributed by atoms with Gasteiger partial charge in [-0.2, -0.15) is 5.10 Å². The second kappa shape index (κ2) is 11.0. The number of halogens is 1. The average molecular weight is 502 g/mol. The van der Waals surface area contributed by atoms with Crippen molar-refractivity contribution in [2.24, 2.45) is 0 Å². The van der Waals surface area contributed by atoms with Gasteiger partial charge in [0.05, 0.1) is 24.0 Å². The third-order valence-corrected chi connectivity index (χ3v) is 4.57. The SMILES string of the molecule is CN(C)c1ccc(NC(=O)c2ccc(Cl)nc2Nc2cnn(CCNC(=O)OC(C)(C)C)c2)nn1. The Hall–Kier alpha value is -3.93. The molecule has 0 unspecified atom stereocenters. The van der Waals surface area contributed by atoms with Crippen LogP contribution in [0.25, 0.3) is 0 Å². The van der Waals surface area contributed by atoms with E-state index in [1.807, 2.05) is 14.1 Å². The molecule has 0 bridgehead atoms. The molecular formula is C22H28ClN9O3. The van der Waals surface area contributed by atoms with Gasteiger partial charge in [-0.1, -0.05) is 11.6 Å². The fourth-order valence-electron chi connectivity index (χ4n) is 2.80. The van der Waals surface area contributed by atoms with Crippen LogP contribution in [-0.2, 0) is 11.3 Å². The number of anilines is 4. The first-order valence-electron chi connectivity index (χ1n) is 10.8. The molecule has 3 aromatic rings. The van der Waals surface area contributed by atoms with Gasteiger partial charge in [0.15, 0.2) is 11.6 Å². The highest BCUT2D eigenvalue weighted by molar-refractivity contribution is 6.29. The van der Waals surface area contributed by atoms with E-state index in [1.54, 1.807) is 60.9 Å². The second-order valence-electron chi connectivity index (χ2n) is 8.70. The maximum Gasteiger partial charge on any atom is 0.407 e. The van der Waals surface area contributed by atoms with E-state index in [0.717, 1.165) is 0 Å². The maximum atomic E-state index is 12.9. The summed E-state index contributed by atoms with van der Waals surface area (Å²) >= 11 is 6.06. The number of aromatic nitrogens is 5. The summed E-state index contributed by atoms with van der Waals surface area (Å²) in [5, 5.41) is 21.0. The van der Waals surface area contributed by atoms with Gasteiger partial charge in [0.1, 0.15) is 16.6 Å². The molecule has 0 spiro atoms. The van der Waals surface area contributed by atoms with Crippen molar-refractivity contribution in [1.29, 1.82) is 0 Å². The molecule has 0 aliphatic carbocycles. The number of hydrogen-bond donors (Lipinski definition) is 3. The van der Waals surface area contributed by atoms with Crippen LogP contribution in [0.3, 0.4) is 0 Å². The lowest BCUT2D eigenvalue weighted by Gasteiger charge is -2.19. The standard InChI is InChI=1S/C22H28ClN9O3/c1-22(2,3)35-21(34)24-10-11-32-13-14(12-25-32)26-19-15(6-7-16(23)27-19)20(33)28-17-8-9-18(30-29-17)31(4)5/h6-9,12-13H,10-11H2,1-5H3,(H,24,34)(H,26,27)(H,28,29,33). The largest absolute Gasteiger partial charge is 0.444 e. The van der Waals surface area contributed by atoms with Crippen LogP contribution in [0.5, 0.6) is 0 Å². The topological polar surface area (TPSA) is 139 Å². The van der Waals surface area contributed by atoms with Gasteiger partial charge in [-0.25, -0.2) is 9.78 Å². The molecule has 3 aromatic heterocycles. The Morgan fingerprint density at radius 1 is 1.14 bits per heavy atom. The maximum absolute atomic E-state index is 12.9. The number of rotatable bonds is 8. The van der Waals surface area contributed by atoms with Crippen molar-refractivity contribution in [2.45, 2.75) is 32.9 Å². The molecule has 0 saturated carbocycles. The fourth-order valence-corrected chi connectivity index (χ4v) is 2.95. The Bertz CT molecular complexity index is 1170. The molecule has 12 nitrogen and oxygen atoms in total. The van der Waals surface area contributed by atoms with Gasteiger partial charge >= 0.3 is 6.09 Å². The van der Waals surface area contributed by atoms with E-state index in [4.69, 9.17) is 16.3 Å². The van der Waals surface area contributed by atoms with Crippen LogP contribution >= 0.6 is 11.6 Å². The first-order valence-corrected chi connectivity index (χ1v) is 11.1. The predicted octanol–water partition coefficient (Wildman–Crippen LogP) is 3.31. The van der Waals surface area contributed by atoms with Crippen molar-refractivity contribution in [3.05, 3.63) is 47.4 Å². The highest BCUT2D eigenvalue weighted by Gasteiger charge is 2.17. The minimum Gasteiger partial charge on any atom is -0.444 e. The summed E-state index contributed by atoms with van der Waals surface area (Å²) in [7, 11) is 3.69. The Labute approximate surface area is 208 Å². The van der Waals surface area contributed by atoms with Crippen molar-refractivity contribution >= 4 is 46.7 Å². The number of carbonyl (C=O) groups excluding carboxylic acids is 2. The zero-order valence-corrected chi connectivity index (χ0v) is 20.9. The number of alkyl carbamates (subject to hydrolysis) is 1. The van der Waals surface area contributed by atoms with E-state index in [0.29, 0.717) is 30.4 Å². The molecule has 186 valence electrons. The van der Waals surface area contributed by atoms with E-state index < -0.39 is 17.6 Å². The van der Waals surface area contributed by atoms with Crippen LogP contribution in [0, 0.1) is 0 Å². The minimum atomic E-state index is -0.566. The number of carbonyl (C=O) groups is 2. The van der Waals surface area contributed by atoms with Crippen molar-refractivity contribution in [3.8, 4) is 0 Å². The molecule has 0 atom stereocenters. The van der Waals surface area contributed by atoms with Crippen molar-refractivity contribution in [3.63, 3.8) is 0 Å². The Morgan fingerprint density at radius 3 is 2.57 bits per heavy atom. The summed E-state index contributed by atoms with van der Waals surface area (Å²) in [5.41, 5.74) is 0.275. The molecule has 35 heavy (non-hydrogen) atoms. The van der Waals surface area contributed by atoms with Crippen LogP contribution in [0.4, 0.5) is 27.9 Å². The summed E-state index contributed by atoms with van der Waals surface area (Å²) < 4.78 is 6.84. The van der Waals surface area contributed by atoms with Gasteiger partial charge in [0.25, 0.3) is 5.91 Å². The number of nitrogens with zero attached hydrogens (tertiary/aromatic N) is 6. The van der Waals surface area contributed by atoms with E-state index in [2.05, 4.69) is 36.2 Å². The lowest BCUT2D eigenvalue weighted by molar-refractivity contribution is 0.0525. The molecular weight excluding hydrogens is 474 g/mol. The number of pyridine rings is 1. The molecule has 0 radical (unpaired) electrons. The second-order valence-corrected chi connectivity index (χ2v) is 9.09. The van der Waals surface area contributed by atoms with Crippen LogP contribution in [0.1, 0.15) is 31.1 Å². The predicted molar refractivity (Wildman–Crippen MR) is 133 cm³/mol. The molecule has 0 aliphatic rings. The summed E-state index contributed by atoms with van der Waals surface area (Å²) in [5.74, 6) is 0.778. The Balaban J connectivity index is 1.63. The quantitative estimate of drug-likeness (QED) is 0.396.